The van der Waals surface area contributed by atoms with Gasteiger partial charge in [-0.1, -0.05) is 35.8 Å². The second kappa shape index (κ2) is 9.74. The zero-order valence-electron chi connectivity index (χ0n) is 20.3. The van der Waals surface area contributed by atoms with Crippen LogP contribution in [0.3, 0.4) is 0 Å². The number of hydrogen-bond donors (Lipinski definition) is 2. The van der Waals surface area contributed by atoms with E-state index in [0.29, 0.717) is 30.5 Å². The molecule has 6 rings (SSSR count). The van der Waals surface area contributed by atoms with Gasteiger partial charge in [-0.2, -0.15) is 10.1 Å². The van der Waals surface area contributed by atoms with Gasteiger partial charge in [-0.05, 0) is 36.8 Å². The molecule has 1 saturated carbocycles. The fourth-order valence-electron chi connectivity index (χ4n) is 5.00. The number of carbonyl (C=O) groups excluding carboxylic acids is 1. The van der Waals surface area contributed by atoms with Crippen molar-refractivity contribution in [2.24, 2.45) is 0 Å². The molecule has 0 radical (unpaired) electrons. The van der Waals surface area contributed by atoms with Crippen molar-refractivity contribution in [1.29, 1.82) is 0 Å². The number of rotatable bonds is 7. The van der Waals surface area contributed by atoms with Gasteiger partial charge in [0.05, 0.1) is 17.2 Å². The van der Waals surface area contributed by atoms with Crippen molar-refractivity contribution in [3.63, 3.8) is 0 Å². The van der Waals surface area contributed by atoms with Crippen molar-refractivity contribution in [3.05, 3.63) is 60.4 Å². The summed E-state index contributed by atoms with van der Waals surface area (Å²) < 4.78 is 12.6. The van der Waals surface area contributed by atoms with Gasteiger partial charge in [0.15, 0.2) is 5.82 Å². The molecule has 3 N–H and O–H groups in total. The van der Waals surface area contributed by atoms with Crippen molar-refractivity contribution in [1.82, 2.24) is 35.2 Å². The molecular weight excluding hydrogens is 472 g/mol. The first-order valence-electron chi connectivity index (χ1n) is 12.5. The van der Waals surface area contributed by atoms with Gasteiger partial charge in [0.1, 0.15) is 6.54 Å². The van der Waals surface area contributed by atoms with Crippen LogP contribution in [-0.2, 0) is 21.5 Å². The number of nitrogens with one attached hydrogen (secondary N) is 1. The van der Waals surface area contributed by atoms with Crippen LogP contribution in [0.4, 0.5) is 5.95 Å². The Morgan fingerprint density at radius 2 is 1.81 bits per heavy atom. The molecule has 4 heterocycles. The number of nitrogens with two attached hydrogens (primary N) is 1. The Labute approximate surface area is 213 Å². The van der Waals surface area contributed by atoms with Gasteiger partial charge in [0.2, 0.25) is 11.9 Å². The average molecular weight is 501 g/mol. The minimum absolute atomic E-state index is 0.0739. The molecule has 0 unspecified atom stereocenters. The number of amides is 1. The number of nitrogen functional groups attached to an aromatic ring is 1. The van der Waals surface area contributed by atoms with Crippen LogP contribution in [0.1, 0.15) is 43.5 Å². The van der Waals surface area contributed by atoms with Crippen LogP contribution >= 0.6 is 0 Å². The van der Waals surface area contributed by atoms with E-state index in [1.54, 1.807) is 29.5 Å². The monoisotopic (exact) mass is 500 g/mol. The largest absolute Gasteiger partial charge is 0.381 e. The smallest absolute Gasteiger partial charge is 0.261 e. The number of anilines is 1. The molecule has 3 aromatic heterocycles. The highest BCUT2D eigenvalue weighted by atomic mass is 16.5. The molecule has 37 heavy (non-hydrogen) atoms. The third-order valence-corrected chi connectivity index (χ3v) is 7.28. The van der Waals surface area contributed by atoms with E-state index in [2.05, 4.69) is 49.8 Å². The van der Waals surface area contributed by atoms with Gasteiger partial charge in [-0.25, -0.2) is 9.97 Å². The number of nitrogens with zero attached hydrogens (tertiary/aromatic N) is 6. The van der Waals surface area contributed by atoms with E-state index >= 15 is 0 Å². The molecule has 1 aliphatic heterocycles. The van der Waals surface area contributed by atoms with Crippen molar-refractivity contribution >= 4 is 11.9 Å². The molecule has 11 heteroatoms. The quantitative estimate of drug-likeness (QED) is 0.391. The summed E-state index contributed by atoms with van der Waals surface area (Å²) in [5.41, 5.74) is 9.08. The molecule has 2 aliphatic rings. The molecule has 1 aliphatic carbocycles. The molecule has 4 aromatic rings. The second-order valence-electron chi connectivity index (χ2n) is 9.65. The van der Waals surface area contributed by atoms with Crippen molar-refractivity contribution in [2.75, 3.05) is 18.9 Å². The van der Waals surface area contributed by atoms with Gasteiger partial charge < -0.3 is 20.3 Å². The Hall–Kier alpha value is -4.12. The zero-order chi connectivity index (χ0) is 25.2. The number of hydrogen-bond acceptors (Lipinski definition) is 9. The van der Waals surface area contributed by atoms with E-state index in [1.807, 2.05) is 0 Å². The maximum absolute atomic E-state index is 12.4. The Morgan fingerprint density at radius 3 is 2.51 bits per heavy atom. The molecule has 11 nitrogen and oxygen atoms in total. The van der Waals surface area contributed by atoms with E-state index in [9.17, 15) is 4.79 Å². The normalized spacial score (nSPS) is 17.3. The van der Waals surface area contributed by atoms with Crippen LogP contribution in [0.25, 0.3) is 22.6 Å². The highest BCUT2D eigenvalue weighted by Gasteiger charge is 2.44. The maximum atomic E-state index is 12.4. The summed E-state index contributed by atoms with van der Waals surface area (Å²) in [6.07, 6.45) is 11.5. The lowest BCUT2D eigenvalue weighted by Gasteiger charge is -2.39. The Morgan fingerprint density at radius 1 is 1.05 bits per heavy atom. The predicted molar refractivity (Wildman–Crippen MR) is 134 cm³/mol. The lowest BCUT2D eigenvalue weighted by Crippen LogP contribution is -2.40. The SMILES string of the molecule is Nc1ncc(-c2ccc(C3(c4noc(-c5cnn(CC(=O)NC6CCOCC6)c5)n4)CCC3)cc2)cn1. The molecule has 2 fully saturated rings. The molecule has 1 amide bonds. The third-order valence-electron chi connectivity index (χ3n) is 7.28. The molecule has 190 valence electrons. The van der Waals surface area contributed by atoms with Gasteiger partial charge in [-0.15, -0.1) is 0 Å². The number of aromatic nitrogens is 6. The van der Waals surface area contributed by atoms with Crippen molar-refractivity contribution in [2.45, 2.75) is 50.1 Å². The number of ether oxygens (including phenoxy) is 1. The van der Waals surface area contributed by atoms with E-state index < -0.39 is 0 Å². The lowest BCUT2D eigenvalue weighted by molar-refractivity contribution is -0.123. The third kappa shape index (κ3) is 4.69. The first kappa shape index (κ1) is 23.3. The standard InChI is InChI=1S/C26H28N8O3/c27-25-28-12-18(13-29-25)17-2-4-20(5-3-17)26(8-1-9-26)24-32-23(37-33-24)19-14-30-34(15-19)16-22(35)31-21-6-10-36-11-7-21/h2-5,12-15,21H,1,6-11,16H2,(H,31,35)(H2,27,28,29). The summed E-state index contributed by atoms with van der Waals surface area (Å²) in [5, 5.41) is 11.7. The second-order valence-corrected chi connectivity index (χ2v) is 9.65. The van der Waals surface area contributed by atoms with Crippen LogP contribution in [-0.4, -0.2) is 55.1 Å². The Balaban J connectivity index is 1.16. The number of benzene rings is 1. The highest BCUT2D eigenvalue weighted by molar-refractivity contribution is 5.76. The van der Waals surface area contributed by atoms with E-state index in [-0.39, 0.29) is 29.9 Å². The first-order valence-corrected chi connectivity index (χ1v) is 12.5. The summed E-state index contributed by atoms with van der Waals surface area (Å²) in [4.78, 5) is 25.3. The summed E-state index contributed by atoms with van der Waals surface area (Å²) in [7, 11) is 0. The van der Waals surface area contributed by atoms with Crippen LogP contribution in [0.5, 0.6) is 0 Å². The van der Waals surface area contributed by atoms with Gasteiger partial charge in [-0.3, -0.25) is 9.48 Å². The lowest BCUT2D eigenvalue weighted by atomic mass is 9.64. The molecule has 1 aromatic carbocycles. The molecule has 0 bridgehead atoms. The molecule has 0 atom stereocenters. The van der Waals surface area contributed by atoms with Crippen LogP contribution < -0.4 is 11.1 Å². The van der Waals surface area contributed by atoms with Crippen LogP contribution in [0.2, 0.25) is 0 Å². The fourth-order valence-corrected chi connectivity index (χ4v) is 5.00. The Kier molecular flexibility index (Phi) is 6.13. The topological polar surface area (TPSA) is 147 Å². The highest BCUT2D eigenvalue weighted by Crippen LogP contribution is 2.48. The molecule has 1 saturated heterocycles. The number of carbonyl (C=O) groups is 1. The molecule has 0 spiro atoms. The Bertz CT molecular complexity index is 1370. The molecular formula is C26H28N8O3. The first-order chi connectivity index (χ1) is 18.1. The fraction of sp³-hybridized carbons (Fsp3) is 0.385. The van der Waals surface area contributed by atoms with Crippen molar-refractivity contribution < 1.29 is 14.1 Å². The van der Waals surface area contributed by atoms with Gasteiger partial charge >= 0.3 is 0 Å². The van der Waals surface area contributed by atoms with Crippen molar-refractivity contribution in [3.8, 4) is 22.6 Å². The summed E-state index contributed by atoms with van der Waals surface area (Å²) in [6, 6.07) is 8.48. The predicted octanol–water partition coefficient (Wildman–Crippen LogP) is 2.74. The minimum atomic E-state index is -0.280. The summed E-state index contributed by atoms with van der Waals surface area (Å²) in [6.45, 7) is 1.49. The maximum Gasteiger partial charge on any atom is 0.261 e. The van der Waals surface area contributed by atoms with Gasteiger partial charge in [0.25, 0.3) is 5.89 Å². The van der Waals surface area contributed by atoms with Crippen LogP contribution in [0, 0.1) is 0 Å². The zero-order valence-corrected chi connectivity index (χ0v) is 20.3. The minimum Gasteiger partial charge on any atom is -0.381 e. The van der Waals surface area contributed by atoms with Crippen LogP contribution in [0.15, 0.2) is 53.6 Å². The summed E-state index contributed by atoms with van der Waals surface area (Å²) in [5.74, 6) is 1.25. The van der Waals surface area contributed by atoms with E-state index in [4.69, 9.17) is 20.0 Å². The van der Waals surface area contributed by atoms with Gasteiger partial charge in [0, 0.05) is 43.4 Å². The van der Waals surface area contributed by atoms with E-state index in [1.165, 1.54) is 0 Å². The van der Waals surface area contributed by atoms with E-state index in [0.717, 1.165) is 48.8 Å². The average Bonchev–Trinajstić information content (AvgIpc) is 3.55. The summed E-state index contributed by atoms with van der Waals surface area (Å²) >= 11 is 0.